The lowest BCUT2D eigenvalue weighted by Gasteiger charge is -2.34. The van der Waals surface area contributed by atoms with Gasteiger partial charge in [0.05, 0.1) is 13.2 Å². The average molecular weight is 229 g/mol. The molecule has 5 nitrogen and oxygen atoms in total. The van der Waals surface area contributed by atoms with Crippen LogP contribution in [-0.4, -0.2) is 38.2 Å². The molecule has 1 aliphatic rings. The summed E-state index contributed by atoms with van der Waals surface area (Å²) in [6.07, 6.45) is 2.68. The summed E-state index contributed by atoms with van der Waals surface area (Å²) >= 11 is 0. The van der Waals surface area contributed by atoms with Gasteiger partial charge in [0, 0.05) is 13.0 Å². The second kappa shape index (κ2) is 6.48. The summed E-state index contributed by atoms with van der Waals surface area (Å²) in [4.78, 5) is 22.1. The number of carbonyl (C=O) groups is 2. The first-order chi connectivity index (χ1) is 7.65. The number of methoxy groups -OCH3 is 1. The third kappa shape index (κ3) is 4.18. The number of hydrogen-bond donors (Lipinski definition) is 1. The summed E-state index contributed by atoms with van der Waals surface area (Å²) in [6.45, 7) is 2.65. The summed E-state index contributed by atoms with van der Waals surface area (Å²) in [5.74, 6) is -0.117. The highest BCUT2D eigenvalue weighted by Crippen LogP contribution is 2.32. The number of esters is 1. The van der Waals surface area contributed by atoms with Gasteiger partial charge in [-0.05, 0) is 25.7 Å². The van der Waals surface area contributed by atoms with Crippen molar-refractivity contribution in [2.24, 2.45) is 5.92 Å². The van der Waals surface area contributed by atoms with Crippen LogP contribution in [0.25, 0.3) is 0 Å². The van der Waals surface area contributed by atoms with Crippen molar-refractivity contribution in [1.29, 1.82) is 0 Å². The van der Waals surface area contributed by atoms with Gasteiger partial charge in [0.1, 0.15) is 6.54 Å². The van der Waals surface area contributed by atoms with E-state index in [0.717, 1.165) is 19.4 Å². The Labute approximate surface area is 95.5 Å². The van der Waals surface area contributed by atoms with E-state index >= 15 is 0 Å². The lowest BCUT2D eigenvalue weighted by atomic mass is 9.80. The van der Waals surface area contributed by atoms with E-state index in [0.29, 0.717) is 18.4 Å². The molecule has 0 saturated heterocycles. The summed E-state index contributed by atoms with van der Waals surface area (Å²) in [6, 6.07) is 0. The highest BCUT2D eigenvalue weighted by atomic mass is 16.5. The van der Waals surface area contributed by atoms with E-state index in [4.69, 9.17) is 4.74 Å². The lowest BCUT2D eigenvalue weighted by Crippen LogP contribution is -2.37. The van der Waals surface area contributed by atoms with Crippen LogP contribution in [0.3, 0.4) is 0 Å². The van der Waals surface area contributed by atoms with Gasteiger partial charge < -0.3 is 14.8 Å². The number of ether oxygens (including phenoxy) is 2. The van der Waals surface area contributed by atoms with Crippen molar-refractivity contribution in [2.75, 3.05) is 20.3 Å². The standard InChI is InChI=1S/C11H19NO4/c1-3-16-9-4-8(5-9)6-10(13)12-7-11(14)15-2/h8-9H,3-7H2,1-2H3,(H,12,13). The maximum Gasteiger partial charge on any atom is 0.325 e. The van der Waals surface area contributed by atoms with Gasteiger partial charge in [-0.1, -0.05) is 0 Å². The van der Waals surface area contributed by atoms with Crippen LogP contribution in [-0.2, 0) is 19.1 Å². The monoisotopic (exact) mass is 229 g/mol. The SMILES string of the molecule is CCOC1CC(CC(=O)NCC(=O)OC)C1. The van der Waals surface area contributed by atoms with Gasteiger partial charge in [-0.2, -0.15) is 0 Å². The molecule has 0 radical (unpaired) electrons. The fourth-order valence-electron chi connectivity index (χ4n) is 1.79. The van der Waals surface area contributed by atoms with E-state index in [-0.39, 0.29) is 12.5 Å². The van der Waals surface area contributed by atoms with Crippen molar-refractivity contribution in [2.45, 2.75) is 32.3 Å². The molecule has 0 aliphatic heterocycles. The molecule has 0 aromatic rings. The van der Waals surface area contributed by atoms with Gasteiger partial charge in [-0.3, -0.25) is 9.59 Å². The molecule has 0 heterocycles. The molecule has 1 rings (SSSR count). The van der Waals surface area contributed by atoms with Crippen molar-refractivity contribution in [3.8, 4) is 0 Å². The second-order valence-electron chi connectivity index (χ2n) is 3.97. The summed E-state index contributed by atoms with van der Waals surface area (Å²) in [7, 11) is 1.30. The predicted molar refractivity (Wildman–Crippen MR) is 57.8 cm³/mol. The van der Waals surface area contributed by atoms with Crippen LogP contribution in [0.1, 0.15) is 26.2 Å². The van der Waals surface area contributed by atoms with Crippen LogP contribution in [0.2, 0.25) is 0 Å². The molecule has 16 heavy (non-hydrogen) atoms. The minimum atomic E-state index is -0.422. The Morgan fingerprint density at radius 1 is 1.38 bits per heavy atom. The number of nitrogens with one attached hydrogen (secondary N) is 1. The van der Waals surface area contributed by atoms with Crippen LogP contribution in [0, 0.1) is 5.92 Å². The maximum absolute atomic E-state index is 11.4. The van der Waals surface area contributed by atoms with Gasteiger partial charge in [0.25, 0.3) is 0 Å². The molecule has 1 N–H and O–H groups in total. The Bertz CT molecular complexity index is 248. The number of hydrogen-bond acceptors (Lipinski definition) is 4. The first-order valence-corrected chi connectivity index (χ1v) is 5.60. The minimum absolute atomic E-state index is 0.0447. The molecule has 0 bridgehead atoms. The van der Waals surface area contributed by atoms with Crippen molar-refractivity contribution >= 4 is 11.9 Å². The fraction of sp³-hybridized carbons (Fsp3) is 0.818. The number of carbonyl (C=O) groups excluding carboxylic acids is 2. The average Bonchev–Trinajstić information content (AvgIpc) is 2.23. The van der Waals surface area contributed by atoms with Gasteiger partial charge in [-0.25, -0.2) is 0 Å². The molecule has 92 valence electrons. The summed E-state index contributed by atoms with van der Waals surface area (Å²) in [5.41, 5.74) is 0. The Balaban J connectivity index is 2.06. The highest BCUT2D eigenvalue weighted by molar-refractivity contribution is 5.81. The van der Waals surface area contributed by atoms with E-state index in [1.165, 1.54) is 7.11 Å². The molecule has 1 fully saturated rings. The van der Waals surface area contributed by atoms with E-state index in [2.05, 4.69) is 10.1 Å². The van der Waals surface area contributed by atoms with Crippen molar-refractivity contribution in [3.05, 3.63) is 0 Å². The van der Waals surface area contributed by atoms with Crippen molar-refractivity contribution < 1.29 is 19.1 Å². The smallest absolute Gasteiger partial charge is 0.325 e. The molecule has 0 atom stereocenters. The van der Waals surface area contributed by atoms with Gasteiger partial charge in [0.15, 0.2) is 0 Å². The number of rotatable bonds is 6. The van der Waals surface area contributed by atoms with E-state index in [1.54, 1.807) is 0 Å². The highest BCUT2D eigenvalue weighted by Gasteiger charge is 2.30. The third-order valence-electron chi connectivity index (χ3n) is 2.73. The zero-order valence-corrected chi connectivity index (χ0v) is 9.82. The molecular formula is C11H19NO4. The first-order valence-electron chi connectivity index (χ1n) is 5.60. The zero-order valence-electron chi connectivity index (χ0n) is 9.82. The Morgan fingerprint density at radius 3 is 2.62 bits per heavy atom. The van der Waals surface area contributed by atoms with Crippen molar-refractivity contribution in [1.82, 2.24) is 5.32 Å². The molecule has 0 aromatic heterocycles. The van der Waals surface area contributed by atoms with Crippen LogP contribution in [0.5, 0.6) is 0 Å². The largest absolute Gasteiger partial charge is 0.468 e. The molecule has 1 saturated carbocycles. The maximum atomic E-state index is 11.4. The Morgan fingerprint density at radius 2 is 2.06 bits per heavy atom. The summed E-state index contributed by atoms with van der Waals surface area (Å²) < 4.78 is 9.82. The molecule has 0 unspecified atom stereocenters. The van der Waals surface area contributed by atoms with Crippen LogP contribution in [0.4, 0.5) is 0 Å². The molecule has 5 heteroatoms. The molecule has 1 aliphatic carbocycles. The van der Waals surface area contributed by atoms with E-state index < -0.39 is 5.97 Å². The van der Waals surface area contributed by atoms with E-state index in [1.807, 2.05) is 6.92 Å². The van der Waals surface area contributed by atoms with Crippen LogP contribution < -0.4 is 5.32 Å². The molecule has 0 spiro atoms. The predicted octanol–water partition coefficient (Wildman–Crippen LogP) is 0.481. The molecule has 1 amide bonds. The summed E-state index contributed by atoms with van der Waals surface area (Å²) in [5, 5.41) is 2.53. The van der Waals surface area contributed by atoms with Gasteiger partial charge in [0.2, 0.25) is 5.91 Å². The molecular weight excluding hydrogens is 210 g/mol. The Hall–Kier alpha value is -1.10. The van der Waals surface area contributed by atoms with Gasteiger partial charge >= 0.3 is 5.97 Å². The Kier molecular flexibility index (Phi) is 5.25. The second-order valence-corrected chi connectivity index (χ2v) is 3.97. The topological polar surface area (TPSA) is 64.6 Å². The minimum Gasteiger partial charge on any atom is -0.468 e. The zero-order chi connectivity index (χ0) is 12.0. The van der Waals surface area contributed by atoms with Crippen LogP contribution in [0.15, 0.2) is 0 Å². The van der Waals surface area contributed by atoms with E-state index in [9.17, 15) is 9.59 Å². The number of amides is 1. The van der Waals surface area contributed by atoms with Crippen LogP contribution >= 0.6 is 0 Å². The van der Waals surface area contributed by atoms with Gasteiger partial charge in [-0.15, -0.1) is 0 Å². The van der Waals surface area contributed by atoms with Crippen molar-refractivity contribution in [3.63, 3.8) is 0 Å². The third-order valence-corrected chi connectivity index (χ3v) is 2.73. The first kappa shape index (κ1) is 13.0. The lowest BCUT2D eigenvalue weighted by molar-refractivity contribution is -0.141. The quantitative estimate of drug-likeness (QED) is 0.673. The molecule has 0 aromatic carbocycles. The fourth-order valence-corrected chi connectivity index (χ4v) is 1.79. The normalized spacial score (nSPS) is 23.4.